The topological polar surface area (TPSA) is 108 Å². The number of carbonyl (C=O) groups is 2. The summed E-state index contributed by atoms with van der Waals surface area (Å²) in [4.78, 5) is 37.9. The number of carbonyl (C=O) groups excluding carboxylic acids is 2. The van der Waals surface area contributed by atoms with E-state index in [-0.39, 0.29) is 18.9 Å². The van der Waals surface area contributed by atoms with Crippen LogP contribution in [0.15, 0.2) is 57.7 Å². The van der Waals surface area contributed by atoms with Gasteiger partial charge in [0.15, 0.2) is 11.7 Å². The molecular formula is C20H19N3O5. The van der Waals surface area contributed by atoms with Gasteiger partial charge in [-0.1, -0.05) is 24.3 Å². The van der Waals surface area contributed by atoms with Crippen LogP contribution in [0.1, 0.15) is 12.8 Å². The zero-order valence-electron chi connectivity index (χ0n) is 15.0. The highest BCUT2D eigenvalue weighted by Gasteiger charge is 2.32. The number of nitrogens with two attached hydrogens (primary N) is 1. The molecule has 2 aromatic carbocycles. The van der Waals surface area contributed by atoms with E-state index in [0.29, 0.717) is 35.5 Å². The summed E-state index contributed by atoms with van der Waals surface area (Å²) in [7, 11) is 0. The predicted octanol–water partition coefficient (Wildman–Crippen LogP) is 1.65. The third-order valence-electron chi connectivity index (χ3n) is 4.74. The number of para-hydroxylation sites is 4. The molecule has 144 valence electrons. The van der Waals surface area contributed by atoms with Gasteiger partial charge in [0.1, 0.15) is 5.75 Å². The molecule has 0 saturated carbocycles. The molecule has 1 aliphatic heterocycles. The van der Waals surface area contributed by atoms with Gasteiger partial charge in [0.05, 0.1) is 17.7 Å². The van der Waals surface area contributed by atoms with Crippen molar-refractivity contribution in [3.05, 3.63) is 59.1 Å². The Kier molecular flexibility index (Phi) is 4.60. The smallest absolute Gasteiger partial charge is 0.419 e. The molecule has 3 aromatic rings. The van der Waals surface area contributed by atoms with Crippen molar-refractivity contribution < 1.29 is 18.7 Å². The fourth-order valence-corrected chi connectivity index (χ4v) is 3.37. The van der Waals surface area contributed by atoms with Crippen LogP contribution in [-0.4, -0.2) is 29.0 Å². The Morgan fingerprint density at radius 2 is 1.86 bits per heavy atom. The van der Waals surface area contributed by atoms with Crippen LogP contribution in [0.3, 0.4) is 0 Å². The number of hydrogen-bond acceptors (Lipinski definition) is 5. The van der Waals surface area contributed by atoms with Crippen LogP contribution in [0, 0.1) is 0 Å². The number of benzene rings is 2. The minimum atomic E-state index is -0.890. The Labute approximate surface area is 160 Å². The molecular weight excluding hydrogens is 362 g/mol. The van der Waals surface area contributed by atoms with E-state index in [1.807, 2.05) is 6.07 Å². The Morgan fingerprint density at radius 1 is 1.11 bits per heavy atom. The molecule has 8 nitrogen and oxygen atoms in total. The fourth-order valence-electron chi connectivity index (χ4n) is 3.37. The molecule has 0 fully saturated rings. The molecule has 4 rings (SSSR count). The van der Waals surface area contributed by atoms with Crippen molar-refractivity contribution >= 4 is 28.6 Å². The first-order valence-corrected chi connectivity index (χ1v) is 8.98. The van der Waals surface area contributed by atoms with E-state index in [1.165, 1.54) is 9.47 Å². The van der Waals surface area contributed by atoms with Gasteiger partial charge < -0.3 is 19.8 Å². The largest absolute Gasteiger partial charge is 0.477 e. The molecule has 1 aromatic heterocycles. The second-order valence-electron chi connectivity index (χ2n) is 6.57. The summed E-state index contributed by atoms with van der Waals surface area (Å²) < 4.78 is 12.3. The van der Waals surface area contributed by atoms with Crippen molar-refractivity contribution in [3.63, 3.8) is 0 Å². The number of primary amides is 1. The Morgan fingerprint density at radius 3 is 2.68 bits per heavy atom. The highest BCUT2D eigenvalue weighted by molar-refractivity contribution is 5.97. The lowest BCUT2D eigenvalue weighted by molar-refractivity contribution is -0.125. The van der Waals surface area contributed by atoms with Crippen LogP contribution in [0.5, 0.6) is 5.75 Å². The average Bonchev–Trinajstić information content (AvgIpc) is 3.02. The summed E-state index contributed by atoms with van der Waals surface area (Å²) in [5.41, 5.74) is 7.20. The molecule has 0 bridgehead atoms. The molecule has 8 heteroatoms. The normalized spacial score (nSPS) is 15.9. The van der Waals surface area contributed by atoms with E-state index in [1.54, 1.807) is 42.5 Å². The first-order chi connectivity index (χ1) is 13.5. The minimum Gasteiger partial charge on any atom is -0.477 e. The quantitative estimate of drug-likeness (QED) is 0.723. The van der Waals surface area contributed by atoms with E-state index >= 15 is 0 Å². The summed E-state index contributed by atoms with van der Waals surface area (Å²) in [6.07, 6.45) is -0.242. The van der Waals surface area contributed by atoms with Gasteiger partial charge in [-0.15, -0.1) is 0 Å². The lowest BCUT2D eigenvalue weighted by Crippen LogP contribution is -2.49. The molecule has 0 radical (unpaired) electrons. The molecule has 1 aliphatic rings. The third-order valence-corrected chi connectivity index (χ3v) is 4.74. The van der Waals surface area contributed by atoms with Crippen LogP contribution < -0.4 is 21.1 Å². The second kappa shape index (κ2) is 7.22. The number of aromatic nitrogens is 1. The van der Waals surface area contributed by atoms with E-state index in [2.05, 4.69) is 0 Å². The maximum Gasteiger partial charge on any atom is 0.419 e. The Hall–Kier alpha value is -3.55. The minimum absolute atomic E-state index is 0.0692. The monoisotopic (exact) mass is 381 g/mol. The SMILES string of the molecule is NC(=O)C1CN(C(=O)CCCn2c(=O)oc3ccccc32)c2ccccc2O1. The van der Waals surface area contributed by atoms with E-state index in [0.717, 1.165) is 0 Å². The molecule has 1 unspecified atom stereocenters. The van der Waals surface area contributed by atoms with Gasteiger partial charge in [-0.25, -0.2) is 4.79 Å². The highest BCUT2D eigenvalue weighted by Crippen LogP contribution is 2.33. The van der Waals surface area contributed by atoms with E-state index in [4.69, 9.17) is 14.9 Å². The van der Waals surface area contributed by atoms with E-state index in [9.17, 15) is 14.4 Å². The maximum absolute atomic E-state index is 12.8. The van der Waals surface area contributed by atoms with Gasteiger partial charge in [0.2, 0.25) is 5.91 Å². The van der Waals surface area contributed by atoms with Gasteiger partial charge in [0.25, 0.3) is 5.91 Å². The molecule has 2 heterocycles. The lowest BCUT2D eigenvalue weighted by Gasteiger charge is -2.33. The molecule has 2 N–H and O–H groups in total. The van der Waals surface area contributed by atoms with Crippen molar-refractivity contribution in [1.29, 1.82) is 0 Å². The zero-order chi connectivity index (χ0) is 19.7. The summed E-state index contributed by atoms with van der Waals surface area (Å²) >= 11 is 0. The number of amides is 2. The van der Waals surface area contributed by atoms with Gasteiger partial charge in [-0.2, -0.15) is 0 Å². The Balaban J connectivity index is 1.48. The van der Waals surface area contributed by atoms with Crippen LogP contribution in [-0.2, 0) is 16.1 Å². The van der Waals surface area contributed by atoms with Gasteiger partial charge in [-0.3, -0.25) is 14.2 Å². The number of hydrogen-bond donors (Lipinski definition) is 1. The van der Waals surface area contributed by atoms with Crippen LogP contribution in [0.4, 0.5) is 5.69 Å². The average molecular weight is 381 g/mol. The molecule has 0 spiro atoms. The Bertz CT molecular complexity index is 1100. The van der Waals surface area contributed by atoms with Crippen molar-refractivity contribution in [2.45, 2.75) is 25.5 Å². The van der Waals surface area contributed by atoms with Crippen molar-refractivity contribution in [2.24, 2.45) is 5.73 Å². The van der Waals surface area contributed by atoms with Gasteiger partial charge >= 0.3 is 5.76 Å². The van der Waals surface area contributed by atoms with Crippen LogP contribution in [0.2, 0.25) is 0 Å². The summed E-state index contributed by atoms with van der Waals surface area (Å²) in [5.74, 6) is -0.784. The first kappa shape index (κ1) is 17.8. The lowest BCUT2D eigenvalue weighted by atomic mass is 10.1. The molecule has 0 saturated heterocycles. The molecule has 2 amide bonds. The standard InChI is InChI=1S/C20H19N3O5/c21-19(25)17-12-23(14-7-2-3-8-15(14)27-17)18(24)10-5-11-22-13-6-1-4-9-16(13)28-20(22)26/h1-4,6-9,17H,5,10-12H2,(H2,21,25). The fraction of sp³-hybridized carbons (Fsp3) is 0.250. The summed E-state index contributed by atoms with van der Waals surface area (Å²) in [5, 5.41) is 0. The highest BCUT2D eigenvalue weighted by atomic mass is 16.5. The second-order valence-corrected chi connectivity index (χ2v) is 6.57. The number of aryl methyl sites for hydroxylation is 1. The number of ether oxygens (including phenoxy) is 1. The van der Waals surface area contributed by atoms with Crippen molar-refractivity contribution in [2.75, 3.05) is 11.4 Å². The molecule has 28 heavy (non-hydrogen) atoms. The van der Waals surface area contributed by atoms with Gasteiger partial charge in [-0.05, 0) is 30.7 Å². The number of rotatable bonds is 5. The number of fused-ring (bicyclic) bond motifs is 2. The number of anilines is 1. The first-order valence-electron chi connectivity index (χ1n) is 8.98. The van der Waals surface area contributed by atoms with Gasteiger partial charge in [0, 0.05) is 13.0 Å². The predicted molar refractivity (Wildman–Crippen MR) is 102 cm³/mol. The number of oxazole rings is 1. The molecule has 0 aliphatic carbocycles. The molecule has 1 atom stereocenters. The van der Waals surface area contributed by atoms with Crippen LogP contribution >= 0.6 is 0 Å². The van der Waals surface area contributed by atoms with Crippen LogP contribution in [0.25, 0.3) is 11.1 Å². The number of nitrogens with zero attached hydrogens (tertiary/aromatic N) is 2. The summed E-state index contributed by atoms with van der Waals surface area (Å²) in [6, 6.07) is 14.2. The van der Waals surface area contributed by atoms with E-state index < -0.39 is 17.8 Å². The van der Waals surface area contributed by atoms with Crippen molar-refractivity contribution in [1.82, 2.24) is 4.57 Å². The zero-order valence-corrected chi connectivity index (χ0v) is 15.0. The van der Waals surface area contributed by atoms with Crippen molar-refractivity contribution in [3.8, 4) is 5.75 Å². The maximum atomic E-state index is 12.8. The third kappa shape index (κ3) is 3.24. The summed E-state index contributed by atoms with van der Waals surface area (Å²) in [6.45, 7) is 0.423.